The van der Waals surface area contributed by atoms with Gasteiger partial charge in [-0.15, -0.1) is 11.3 Å². The number of nitrogens with zero attached hydrogens (tertiary/aromatic N) is 2. The Labute approximate surface area is 116 Å². The highest BCUT2D eigenvalue weighted by atomic mass is 32.1. The summed E-state index contributed by atoms with van der Waals surface area (Å²) in [5.74, 6) is 0.0428. The van der Waals surface area contributed by atoms with Gasteiger partial charge >= 0.3 is 0 Å². The Morgan fingerprint density at radius 2 is 2.11 bits per heavy atom. The van der Waals surface area contributed by atoms with Gasteiger partial charge in [0.15, 0.2) is 0 Å². The Morgan fingerprint density at radius 1 is 1.37 bits per heavy atom. The maximum atomic E-state index is 12.3. The third-order valence-corrected chi connectivity index (χ3v) is 3.54. The molecule has 2 aromatic rings. The van der Waals surface area contributed by atoms with Gasteiger partial charge in [-0.25, -0.2) is 0 Å². The van der Waals surface area contributed by atoms with Crippen LogP contribution < -0.4 is 5.73 Å². The number of nitrogen functional groups attached to an aromatic ring is 1. The summed E-state index contributed by atoms with van der Waals surface area (Å²) in [6.07, 6.45) is 2.55. The molecule has 0 unspecified atom stereocenters. The molecule has 0 aliphatic carbocycles. The number of rotatable bonds is 5. The van der Waals surface area contributed by atoms with E-state index in [0.717, 1.165) is 24.2 Å². The summed E-state index contributed by atoms with van der Waals surface area (Å²) in [5.41, 5.74) is 9.17. The summed E-state index contributed by atoms with van der Waals surface area (Å²) >= 11 is 1.38. The Hall–Kier alpha value is -1.88. The minimum atomic E-state index is 0.0428. The molecular formula is C14H17N3OS. The van der Waals surface area contributed by atoms with Crippen LogP contribution in [-0.2, 0) is 6.54 Å². The second-order valence-corrected chi connectivity index (χ2v) is 5.22. The van der Waals surface area contributed by atoms with Crippen LogP contribution in [0.15, 0.2) is 36.0 Å². The maximum Gasteiger partial charge on any atom is 0.265 e. The summed E-state index contributed by atoms with van der Waals surface area (Å²) in [6.45, 7) is 3.40. The first-order valence-corrected chi connectivity index (χ1v) is 7.11. The van der Waals surface area contributed by atoms with Crippen LogP contribution in [0.25, 0.3) is 0 Å². The molecule has 1 amide bonds. The van der Waals surface area contributed by atoms with Crippen molar-refractivity contribution in [2.45, 2.75) is 19.9 Å². The lowest BCUT2D eigenvalue weighted by atomic mass is 10.2. The zero-order chi connectivity index (χ0) is 13.7. The van der Waals surface area contributed by atoms with Crippen LogP contribution in [0, 0.1) is 0 Å². The van der Waals surface area contributed by atoms with Gasteiger partial charge in [-0.3, -0.25) is 9.78 Å². The molecule has 0 bridgehead atoms. The minimum absolute atomic E-state index is 0.0428. The quantitative estimate of drug-likeness (QED) is 0.854. The maximum absolute atomic E-state index is 12.3. The Bertz CT molecular complexity index is 522. The molecule has 2 N–H and O–H groups in total. The number of nitrogens with two attached hydrogens (primary N) is 1. The standard InChI is InChI=1S/C14H17N3OS/c1-2-7-17(14(18)13-8-16-10-19-13)9-11-3-5-12(15)6-4-11/h3-6,8,10H,2,7,9,15H2,1H3. The predicted molar refractivity (Wildman–Crippen MR) is 78.0 cm³/mol. The topological polar surface area (TPSA) is 59.2 Å². The minimum Gasteiger partial charge on any atom is -0.399 e. The van der Waals surface area contributed by atoms with Gasteiger partial charge in [0, 0.05) is 18.8 Å². The molecule has 0 aliphatic heterocycles. The van der Waals surface area contributed by atoms with Crippen LogP contribution >= 0.6 is 11.3 Å². The Morgan fingerprint density at radius 3 is 2.68 bits per heavy atom. The molecule has 5 heteroatoms. The molecule has 0 radical (unpaired) electrons. The fourth-order valence-electron chi connectivity index (χ4n) is 1.84. The number of benzene rings is 1. The largest absolute Gasteiger partial charge is 0.399 e. The van der Waals surface area contributed by atoms with Gasteiger partial charge in [0.25, 0.3) is 5.91 Å². The van der Waals surface area contributed by atoms with E-state index in [1.165, 1.54) is 11.3 Å². The van der Waals surface area contributed by atoms with E-state index in [9.17, 15) is 4.79 Å². The lowest BCUT2D eigenvalue weighted by Gasteiger charge is -2.21. The van der Waals surface area contributed by atoms with E-state index in [4.69, 9.17) is 5.73 Å². The third kappa shape index (κ3) is 3.54. The van der Waals surface area contributed by atoms with Crippen LogP contribution in [0.2, 0.25) is 0 Å². The predicted octanol–water partition coefficient (Wildman–Crippen LogP) is 2.78. The molecule has 0 atom stereocenters. The first-order valence-electron chi connectivity index (χ1n) is 6.23. The summed E-state index contributed by atoms with van der Waals surface area (Å²) in [6, 6.07) is 7.63. The Balaban J connectivity index is 2.11. The van der Waals surface area contributed by atoms with Crippen molar-refractivity contribution in [3.8, 4) is 0 Å². The van der Waals surface area contributed by atoms with Gasteiger partial charge in [-0.2, -0.15) is 0 Å². The number of amides is 1. The molecular weight excluding hydrogens is 258 g/mol. The lowest BCUT2D eigenvalue weighted by molar-refractivity contribution is 0.0748. The summed E-state index contributed by atoms with van der Waals surface area (Å²) in [7, 11) is 0. The number of hydrogen-bond acceptors (Lipinski definition) is 4. The van der Waals surface area contributed by atoms with Crippen molar-refractivity contribution in [1.82, 2.24) is 9.88 Å². The van der Waals surface area contributed by atoms with Crippen LogP contribution in [0.5, 0.6) is 0 Å². The first-order chi connectivity index (χ1) is 9.20. The van der Waals surface area contributed by atoms with E-state index in [1.54, 1.807) is 11.7 Å². The molecule has 0 saturated carbocycles. The van der Waals surface area contributed by atoms with E-state index >= 15 is 0 Å². The fourth-order valence-corrected chi connectivity index (χ4v) is 2.43. The van der Waals surface area contributed by atoms with E-state index < -0.39 is 0 Å². The van der Waals surface area contributed by atoms with Crippen molar-refractivity contribution in [3.63, 3.8) is 0 Å². The molecule has 100 valence electrons. The highest BCUT2D eigenvalue weighted by Crippen LogP contribution is 2.14. The molecule has 1 heterocycles. The van der Waals surface area contributed by atoms with Gasteiger partial charge < -0.3 is 10.6 Å². The number of carbonyl (C=O) groups is 1. The van der Waals surface area contributed by atoms with Crippen molar-refractivity contribution < 1.29 is 4.79 Å². The second-order valence-electron chi connectivity index (χ2n) is 4.33. The van der Waals surface area contributed by atoms with Crippen LogP contribution in [0.1, 0.15) is 28.6 Å². The smallest absolute Gasteiger partial charge is 0.265 e. The molecule has 1 aromatic heterocycles. The average Bonchev–Trinajstić information content (AvgIpc) is 2.94. The average molecular weight is 275 g/mol. The Kier molecular flexibility index (Phi) is 4.52. The number of thiazole rings is 1. The number of hydrogen-bond donors (Lipinski definition) is 1. The SMILES string of the molecule is CCCN(Cc1ccc(N)cc1)C(=O)c1cncs1. The zero-order valence-corrected chi connectivity index (χ0v) is 11.7. The van der Waals surface area contributed by atoms with E-state index in [0.29, 0.717) is 11.4 Å². The van der Waals surface area contributed by atoms with Crippen molar-refractivity contribution in [3.05, 3.63) is 46.4 Å². The van der Waals surface area contributed by atoms with Gasteiger partial charge in [-0.1, -0.05) is 19.1 Å². The number of carbonyl (C=O) groups excluding carboxylic acids is 1. The number of anilines is 1. The summed E-state index contributed by atoms with van der Waals surface area (Å²) < 4.78 is 0. The second kappa shape index (κ2) is 6.33. The van der Waals surface area contributed by atoms with Crippen molar-refractivity contribution in [2.75, 3.05) is 12.3 Å². The highest BCUT2D eigenvalue weighted by molar-refractivity contribution is 7.11. The van der Waals surface area contributed by atoms with E-state index in [1.807, 2.05) is 29.2 Å². The van der Waals surface area contributed by atoms with Gasteiger partial charge in [0.1, 0.15) is 4.88 Å². The highest BCUT2D eigenvalue weighted by Gasteiger charge is 2.16. The zero-order valence-electron chi connectivity index (χ0n) is 10.9. The molecule has 0 fully saturated rings. The van der Waals surface area contributed by atoms with Crippen molar-refractivity contribution >= 4 is 22.9 Å². The van der Waals surface area contributed by atoms with Gasteiger partial charge in [-0.05, 0) is 24.1 Å². The molecule has 19 heavy (non-hydrogen) atoms. The van der Waals surface area contributed by atoms with Crippen molar-refractivity contribution in [2.24, 2.45) is 0 Å². The summed E-state index contributed by atoms with van der Waals surface area (Å²) in [4.78, 5) is 18.8. The van der Waals surface area contributed by atoms with Crippen LogP contribution in [0.3, 0.4) is 0 Å². The first kappa shape index (κ1) is 13.5. The van der Waals surface area contributed by atoms with Crippen molar-refractivity contribution in [1.29, 1.82) is 0 Å². The van der Waals surface area contributed by atoms with Gasteiger partial charge in [0.05, 0.1) is 11.7 Å². The monoisotopic (exact) mass is 275 g/mol. The molecule has 0 aliphatic rings. The van der Waals surface area contributed by atoms with Crippen LogP contribution in [0.4, 0.5) is 5.69 Å². The van der Waals surface area contributed by atoms with Gasteiger partial charge in [0.2, 0.25) is 0 Å². The molecule has 1 aromatic carbocycles. The van der Waals surface area contributed by atoms with E-state index in [2.05, 4.69) is 11.9 Å². The molecule has 0 spiro atoms. The third-order valence-electron chi connectivity index (χ3n) is 2.78. The van der Waals surface area contributed by atoms with E-state index in [-0.39, 0.29) is 5.91 Å². The van der Waals surface area contributed by atoms with Crippen LogP contribution in [-0.4, -0.2) is 22.3 Å². The summed E-state index contributed by atoms with van der Waals surface area (Å²) in [5, 5.41) is 0. The lowest BCUT2D eigenvalue weighted by Crippen LogP contribution is -2.30. The fraction of sp³-hybridized carbons (Fsp3) is 0.286. The molecule has 2 rings (SSSR count). The normalized spacial score (nSPS) is 10.4. The number of aromatic nitrogens is 1. The molecule has 0 saturated heterocycles. The molecule has 4 nitrogen and oxygen atoms in total.